The van der Waals surface area contributed by atoms with E-state index in [1.165, 1.54) is 0 Å². The molecule has 0 spiro atoms. The van der Waals surface area contributed by atoms with Gasteiger partial charge in [-0.15, -0.1) is 0 Å². The van der Waals surface area contributed by atoms with Crippen molar-refractivity contribution in [1.82, 2.24) is 5.32 Å². The normalized spacial score (nSPS) is 12.8. The van der Waals surface area contributed by atoms with E-state index < -0.39 is 0 Å². The van der Waals surface area contributed by atoms with Crippen LogP contribution in [0.25, 0.3) is 0 Å². The molecule has 0 aliphatic heterocycles. The Morgan fingerprint density at radius 2 is 2.38 bits per heavy atom. The first kappa shape index (κ1) is 7.69. The smallest absolute Gasteiger partial charge is 0.310 e. The number of hydrogen-bond donors (Lipinski definition) is 1. The van der Waals surface area contributed by atoms with Crippen LogP contribution in [0.4, 0.5) is 0 Å². The quantitative estimate of drug-likeness (QED) is 0.570. The molecule has 0 aromatic rings. The van der Waals surface area contributed by atoms with Gasteiger partial charge in [-0.3, -0.25) is 5.11 Å². The van der Waals surface area contributed by atoms with Gasteiger partial charge in [0, 0.05) is 6.04 Å². The number of rotatable bonds is 2. The van der Waals surface area contributed by atoms with E-state index in [0.29, 0.717) is 0 Å². The lowest BCUT2D eigenvalue weighted by atomic mass is 10.3. The number of nitrogens with one attached hydrogen (secondary N) is 1. The van der Waals surface area contributed by atoms with Gasteiger partial charge in [-0.1, -0.05) is 6.92 Å². The van der Waals surface area contributed by atoms with Gasteiger partial charge in [0.1, 0.15) is 0 Å². The SMILES string of the molecule is CCC(C)NC([O])=S. The molecule has 0 bridgehead atoms. The Bertz CT molecular complexity index is 84.5. The van der Waals surface area contributed by atoms with Crippen LogP contribution in [0, 0.1) is 0 Å². The third-order valence-electron chi connectivity index (χ3n) is 0.977. The number of thiocarbonyl (C=S) groups is 1. The fourth-order valence-corrected chi connectivity index (χ4v) is 0.504. The molecule has 0 amide bonds. The van der Waals surface area contributed by atoms with E-state index >= 15 is 0 Å². The summed E-state index contributed by atoms with van der Waals surface area (Å²) in [6.45, 7) is 3.92. The van der Waals surface area contributed by atoms with E-state index in [4.69, 9.17) is 0 Å². The Morgan fingerprint density at radius 1 is 1.88 bits per heavy atom. The minimum atomic E-state index is -0.362. The fraction of sp³-hybridized carbons (Fsp3) is 0.800. The molecule has 8 heavy (non-hydrogen) atoms. The first-order valence-electron chi connectivity index (χ1n) is 2.64. The lowest BCUT2D eigenvalue weighted by molar-refractivity contribution is 0.401. The van der Waals surface area contributed by atoms with Crippen LogP contribution in [0.5, 0.6) is 0 Å². The van der Waals surface area contributed by atoms with Gasteiger partial charge < -0.3 is 5.32 Å². The number of hydrogen-bond acceptors (Lipinski definition) is 1. The van der Waals surface area contributed by atoms with Crippen LogP contribution in [0.1, 0.15) is 20.3 Å². The standard InChI is InChI=1S/C5H10NOS/c1-3-4(2)6-5(7)8/h4H,3H2,1-2H3,(H,6,8). The first-order chi connectivity index (χ1) is 3.66. The topological polar surface area (TPSA) is 31.9 Å². The highest BCUT2D eigenvalue weighted by Gasteiger charge is 1.97. The third-order valence-corrected chi connectivity index (χ3v) is 1.09. The highest BCUT2D eigenvalue weighted by Crippen LogP contribution is 1.85. The van der Waals surface area contributed by atoms with Crippen LogP contribution in [0.15, 0.2) is 0 Å². The highest BCUT2D eigenvalue weighted by atomic mass is 32.1. The van der Waals surface area contributed by atoms with Crippen LogP contribution >= 0.6 is 12.2 Å². The zero-order chi connectivity index (χ0) is 6.57. The third kappa shape index (κ3) is 3.87. The zero-order valence-electron chi connectivity index (χ0n) is 5.10. The summed E-state index contributed by atoms with van der Waals surface area (Å²) in [4.78, 5) is 0. The van der Waals surface area contributed by atoms with Gasteiger partial charge >= 0.3 is 5.17 Å². The summed E-state index contributed by atoms with van der Waals surface area (Å²) >= 11 is 4.27. The summed E-state index contributed by atoms with van der Waals surface area (Å²) in [6.07, 6.45) is 0.933. The molecule has 1 radical (unpaired) electrons. The molecular weight excluding hydrogens is 122 g/mol. The van der Waals surface area contributed by atoms with E-state index in [9.17, 15) is 5.11 Å². The summed E-state index contributed by atoms with van der Waals surface area (Å²) in [5.74, 6) is 0. The van der Waals surface area contributed by atoms with Gasteiger partial charge in [0.25, 0.3) is 0 Å². The molecular formula is C5H10NOS. The highest BCUT2D eigenvalue weighted by molar-refractivity contribution is 7.79. The van der Waals surface area contributed by atoms with Gasteiger partial charge in [-0.05, 0) is 25.6 Å². The molecule has 0 saturated carbocycles. The van der Waals surface area contributed by atoms with Gasteiger partial charge in [0.05, 0.1) is 0 Å². The molecule has 0 aromatic heterocycles. The van der Waals surface area contributed by atoms with Gasteiger partial charge in [-0.25, -0.2) is 0 Å². The van der Waals surface area contributed by atoms with Crippen molar-refractivity contribution in [2.75, 3.05) is 0 Å². The van der Waals surface area contributed by atoms with E-state index in [-0.39, 0.29) is 11.2 Å². The molecule has 0 fully saturated rings. The largest absolute Gasteiger partial charge is 0.341 e. The van der Waals surface area contributed by atoms with Crippen molar-refractivity contribution in [1.29, 1.82) is 0 Å². The van der Waals surface area contributed by atoms with Gasteiger partial charge in [0.2, 0.25) is 0 Å². The predicted molar refractivity (Wildman–Crippen MR) is 36.2 cm³/mol. The van der Waals surface area contributed by atoms with Crippen molar-refractivity contribution in [3.63, 3.8) is 0 Å². The Labute approximate surface area is 54.9 Å². The van der Waals surface area contributed by atoms with Crippen molar-refractivity contribution in [2.45, 2.75) is 26.3 Å². The monoisotopic (exact) mass is 132 g/mol. The summed E-state index contributed by atoms with van der Waals surface area (Å²) in [5.41, 5.74) is 0. The molecule has 0 aliphatic carbocycles. The minimum absolute atomic E-state index is 0.222. The second kappa shape index (κ2) is 3.66. The van der Waals surface area contributed by atoms with Crippen molar-refractivity contribution >= 4 is 17.4 Å². The Morgan fingerprint density at radius 3 is 2.50 bits per heavy atom. The first-order valence-corrected chi connectivity index (χ1v) is 3.05. The van der Waals surface area contributed by atoms with Crippen LogP contribution < -0.4 is 5.32 Å². The lowest BCUT2D eigenvalue weighted by Gasteiger charge is -2.06. The average molecular weight is 132 g/mol. The maximum absolute atomic E-state index is 10.1. The van der Waals surface area contributed by atoms with E-state index in [2.05, 4.69) is 17.5 Å². The van der Waals surface area contributed by atoms with E-state index in [1.54, 1.807) is 0 Å². The van der Waals surface area contributed by atoms with Crippen molar-refractivity contribution < 1.29 is 5.11 Å². The Hall–Kier alpha value is -0.310. The second-order valence-corrected chi connectivity index (χ2v) is 2.11. The van der Waals surface area contributed by atoms with E-state index in [1.807, 2.05) is 13.8 Å². The maximum Gasteiger partial charge on any atom is 0.310 e. The summed E-state index contributed by atoms with van der Waals surface area (Å²) in [7, 11) is 0. The molecule has 0 heterocycles. The van der Waals surface area contributed by atoms with Crippen LogP contribution in [-0.2, 0) is 5.11 Å². The Balaban J connectivity index is 3.24. The zero-order valence-corrected chi connectivity index (χ0v) is 5.92. The predicted octanol–water partition coefficient (Wildman–Crippen LogP) is 1.09. The molecule has 0 rings (SSSR count). The summed E-state index contributed by atoms with van der Waals surface area (Å²) in [6, 6.07) is 0.222. The van der Waals surface area contributed by atoms with Crippen LogP contribution in [0.2, 0.25) is 0 Å². The average Bonchev–Trinajstić information content (AvgIpc) is 1.65. The molecule has 47 valence electrons. The molecule has 1 N–H and O–H groups in total. The lowest BCUT2D eigenvalue weighted by Crippen LogP contribution is -2.29. The molecule has 0 aromatic carbocycles. The summed E-state index contributed by atoms with van der Waals surface area (Å²) in [5, 5.41) is 12.3. The van der Waals surface area contributed by atoms with E-state index in [0.717, 1.165) is 6.42 Å². The fourth-order valence-electron chi connectivity index (χ4n) is 0.303. The molecule has 1 atom stereocenters. The Kier molecular flexibility index (Phi) is 3.52. The molecule has 2 nitrogen and oxygen atoms in total. The molecule has 1 unspecified atom stereocenters. The van der Waals surface area contributed by atoms with Crippen molar-refractivity contribution in [3.05, 3.63) is 0 Å². The maximum atomic E-state index is 10.1. The molecule has 0 aliphatic rings. The molecule has 3 heteroatoms. The second-order valence-electron chi connectivity index (χ2n) is 1.74. The van der Waals surface area contributed by atoms with Crippen molar-refractivity contribution in [2.24, 2.45) is 0 Å². The molecule has 0 saturated heterocycles. The van der Waals surface area contributed by atoms with Crippen LogP contribution in [-0.4, -0.2) is 11.2 Å². The van der Waals surface area contributed by atoms with Crippen molar-refractivity contribution in [3.8, 4) is 0 Å². The van der Waals surface area contributed by atoms with Crippen LogP contribution in [0.3, 0.4) is 0 Å². The summed E-state index contributed by atoms with van der Waals surface area (Å²) < 4.78 is 0. The van der Waals surface area contributed by atoms with Gasteiger partial charge in [-0.2, -0.15) is 0 Å². The van der Waals surface area contributed by atoms with Gasteiger partial charge in [0.15, 0.2) is 0 Å². The minimum Gasteiger partial charge on any atom is -0.341 e.